The fraction of sp³-hybridized carbons (Fsp3) is 0.235. The lowest BCUT2D eigenvalue weighted by Gasteiger charge is -2.17. The third-order valence-electron chi connectivity index (χ3n) is 3.16. The smallest absolute Gasteiger partial charge is 0.260 e. The van der Waals surface area contributed by atoms with Crippen LogP contribution in [0.1, 0.15) is 5.56 Å². The third-order valence-corrected chi connectivity index (χ3v) is 3.16. The van der Waals surface area contributed by atoms with Gasteiger partial charge in [0.05, 0.1) is 7.11 Å². The van der Waals surface area contributed by atoms with E-state index in [2.05, 4.69) is 0 Å². The Morgan fingerprint density at radius 1 is 1.14 bits per heavy atom. The normalized spacial score (nSPS) is 10.1. The molecule has 0 saturated carbocycles. The number of carbonyl (C=O) groups excluding carboxylic acids is 1. The fourth-order valence-corrected chi connectivity index (χ4v) is 1.90. The van der Waals surface area contributed by atoms with E-state index in [1.54, 1.807) is 50.6 Å². The fourth-order valence-electron chi connectivity index (χ4n) is 1.90. The molecule has 0 saturated heterocycles. The number of rotatable bonds is 6. The second-order valence-corrected chi connectivity index (χ2v) is 4.84. The number of carbonyl (C=O) groups is 1. The zero-order valence-corrected chi connectivity index (χ0v) is 12.6. The summed E-state index contributed by atoms with van der Waals surface area (Å²) in [5.74, 6) is 0.790. The van der Waals surface area contributed by atoms with Crippen LogP contribution in [0.15, 0.2) is 48.5 Å². The van der Waals surface area contributed by atoms with Gasteiger partial charge in [-0.2, -0.15) is 0 Å². The number of amides is 1. The summed E-state index contributed by atoms with van der Waals surface area (Å²) in [6.45, 7) is 0.339. The van der Waals surface area contributed by atoms with Crippen molar-refractivity contribution in [3.05, 3.63) is 59.9 Å². The minimum absolute atomic E-state index is 0.0646. The molecule has 0 spiro atoms. The number of methoxy groups -OCH3 is 1. The molecule has 4 nitrogen and oxygen atoms in total. The minimum Gasteiger partial charge on any atom is -0.497 e. The van der Waals surface area contributed by atoms with Crippen LogP contribution in [0, 0.1) is 5.82 Å². The molecule has 0 aromatic heterocycles. The lowest BCUT2D eigenvalue weighted by Crippen LogP contribution is -2.30. The first-order valence-corrected chi connectivity index (χ1v) is 6.84. The topological polar surface area (TPSA) is 38.8 Å². The predicted octanol–water partition coefficient (Wildman–Crippen LogP) is 2.87. The van der Waals surface area contributed by atoms with Gasteiger partial charge in [0.2, 0.25) is 0 Å². The first kappa shape index (κ1) is 15.8. The van der Waals surface area contributed by atoms with Gasteiger partial charge in [0.15, 0.2) is 6.61 Å². The molecule has 0 bridgehead atoms. The van der Waals surface area contributed by atoms with Crippen molar-refractivity contribution in [2.45, 2.75) is 6.54 Å². The van der Waals surface area contributed by atoms with E-state index in [0.29, 0.717) is 18.0 Å². The van der Waals surface area contributed by atoms with Crippen molar-refractivity contribution in [3.8, 4) is 11.5 Å². The SMILES string of the molecule is COc1cccc(OCC(=O)N(C)Cc2ccc(F)cc2)c1. The standard InChI is InChI=1S/C17H18FNO3/c1-19(11-13-6-8-14(18)9-7-13)17(20)12-22-16-5-3-4-15(10-16)21-2/h3-10H,11-12H2,1-2H3. The summed E-state index contributed by atoms with van der Waals surface area (Å²) in [5.41, 5.74) is 0.860. The summed E-state index contributed by atoms with van der Waals surface area (Å²) in [5, 5.41) is 0. The Labute approximate surface area is 129 Å². The zero-order valence-electron chi connectivity index (χ0n) is 12.6. The number of halogens is 1. The highest BCUT2D eigenvalue weighted by Gasteiger charge is 2.10. The van der Waals surface area contributed by atoms with Crippen molar-refractivity contribution in [2.24, 2.45) is 0 Å². The van der Waals surface area contributed by atoms with Gasteiger partial charge in [-0.1, -0.05) is 18.2 Å². The van der Waals surface area contributed by atoms with Crippen LogP contribution in [0.3, 0.4) is 0 Å². The van der Waals surface area contributed by atoms with E-state index in [1.165, 1.54) is 17.0 Å². The van der Waals surface area contributed by atoms with Crippen molar-refractivity contribution in [3.63, 3.8) is 0 Å². The number of benzene rings is 2. The highest BCUT2D eigenvalue weighted by atomic mass is 19.1. The molecule has 0 aliphatic rings. The molecule has 0 aliphatic carbocycles. The summed E-state index contributed by atoms with van der Waals surface area (Å²) >= 11 is 0. The number of likely N-dealkylation sites (N-methyl/N-ethyl adjacent to an activating group) is 1. The quantitative estimate of drug-likeness (QED) is 0.823. The predicted molar refractivity (Wildman–Crippen MR) is 81.4 cm³/mol. The molecule has 0 unspecified atom stereocenters. The first-order valence-electron chi connectivity index (χ1n) is 6.84. The van der Waals surface area contributed by atoms with Gasteiger partial charge in [0.1, 0.15) is 17.3 Å². The first-order chi connectivity index (χ1) is 10.6. The molecule has 0 N–H and O–H groups in total. The van der Waals surface area contributed by atoms with E-state index in [9.17, 15) is 9.18 Å². The lowest BCUT2D eigenvalue weighted by molar-refractivity contribution is -0.132. The van der Waals surface area contributed by atoms with Gasteiger partial charge in [-0.3, -0.25) is 4.79 Å². The maximum absolute atomic E-state index is 12.8. The van der Waals surface area contributed by atoms with Crippen LogP contribution in [0.2, 0.25) is 0 Å². The Hall–Kier alpha value is -2.56. The molecular weight excluding hydrogens is 285 g/mol. The van der Waals surface area contributed by atoms with Gasteiger partial charge in [-0.15, -0.1) is 0 Å². The molecular formula is C17H18FNO3. The summed E-state index contributed by atoms with van der Waals surface area (Å²) in [6.07, 6.45) is 0. The Morgan fingerprint density at radius 3 is 2.50 bits per heavy atom. The van der Waals surface area contributed by atoms with Gasteiger partial charge in [-0.05, 0) is 29.8 Å². The Balaban J connectivity index is 1.86. The molecule has 2 rings (SSSR count). The minimum atomic E-state index is -0.293. The summed E-state index contributed by atoms with van der Waals surface area (Å²) < 4.78 is 23.4. The molecule has 0 radical (unpaired) electrons. The highest BCUT2D eigenvalue weighted by Crippen LogP contribution is 2.18. The summed E-state index contributed by atoms with van der Waals surface area (Å²) in [4.78, 5) is 13.6. The average Bonchev–Trinajstić information content (AvgIpc) is 2.54. The zero-order chi connectivity index (χ0) is 15.9. The second-order valence-electron chi connectivity index (χ2n) is 4.84. The van der Waals surface area contributed by atoms with E-state index in [1.807, 2.05) is 0 Å². The number of nitrogens with zero attached hydrogens (tertiary/aromatic N) is 1. The molecule has 2 aromatic carbocycles. The molecule has 0 atom stereocenters. The van der Waals surface area contributed by atoms with Gasteiger partial charge < -0.3 is 14.4 Å². The monoisotopic (exact) mass is 303 g/mol. The van der Waals surface area contributed by atoms with Crippen molar-refractivity contribution < 1.29 is 18.7 Å². The second kappa shape index (κ2) is 7.45. The van der Waals surface area contributed by atoms with E-state index in [-0.39, 0.29) is 18.3 Å². The maximum atomic E-state index is 12.8. The molecule has 0 heterocycles. The molecule has 5 heteroatoms. The number of ether oxygens (including phenoxy) is 2. The van der Waals surface area contributed by atoms with Crippen LogP contribution in [0.25, 0.3) is 0 Å². The summed E-state index contributed by atoms with van der Waals surface area (Å²) in [7, 11) is 3.25. The number of hydrogen-bond acceptors (Lipinski definition) is 3. The van der Waals surface area contributed by atoms with Crippen LogP contribution in [-0.2, 0) is 11.3 Å². The highest BCUT2D eigenvalue weighted by molar-refractivity contribution is 5.77. The third kappa shape index (κ3) is 4.48. The molecule has 2 aromatic rings. The van der Waals surface area contributed by atoms with Crippen LogP contribution < -0.4 is 9.47 Å². The maximum Gasteiger partial charge on any atom is 0.260 e. The Bertz CT molecular complexity index is 628. The number of hydrogen-bond donors (Lipinski definition) is 0. The molecule has 0 fully saturated rings. The van der Waals surface area contributed by atoms with E-state index >= 15 is 0 Å². The molecule has 116 valence electrons. The van der Waals surface area contributed by atoms with Gasteiger partial charge in [0.25, 0.3) is 5.91 Å². The van der Waals surface area contributed by atoms with Crippen molar-refractivity contribution in [2.75, 3.05) is 20.8 Å². The van der Waals surface area contributed by atoms with Crippen molar-refractivity contribution in [1.29, 1.82) is 0 Å². The van der Waals surface area contributed by atoms with E-state index < -0.39 is 0 Å². The van der Waals surface area contributed by atoms with Crippen LogP contribution in [-0.4, -0.2) is 31.6 Å². The Morgan fingerprint density at radius 2 is 1.82 bits per heavy atom. The van der Waals surface area contributed by atoms with Crippen LogP contribution in [0.5, 0.6) is 11.5 Å². The van der Waals surface area contributed by atoms with Gasteiger partial charge in [0, 0.05) is 19.7 Å². The van der Waals surface area contributed by atoms with Crippen molar-refractivity contribution in [1.82, 2.24) is 4.90 Å². The average molecular weight is 303 g/mol. The van der Waals surface area contributed by atoms with Crippen LogP contribution >= 0.6 is 0 Å². The van der Waals surface area contributed by atoms with Gasteiger partial charge >= 0.3 is 0 Å². The largest absolute Gasteiger partial charge is 0.497 e. The molecule has 1 amide bonds. The van der Waals surface area contributed by atoms with Gasteiger partial charge in [-0.25, -0.2) is 4.39 Å². The Kier molecular flexibility index (Phi) is 5.36. The molecule has 22 heavy (non-hydrogen) atoms. The van der Waals surface area contributed by atoms with E-state index in [0.717, 1.165) is 5.56 Å². The van der Waals surface area contributed by atoms with E-state index in [4.69, 9.17) is 9.47 Å². The summed E-state index contributed by atoms with van der Waals surface area (Å²) in [6, 6.07) is 13.1. The lowest BCUT2D eigenvalue weighted by atomic mass is 10.2. The van der Waals surface area contributed by atoms with Crippen LogP contribution in [0.4, 0.5) is 4.39 Å². The van der Waals surface area contributed by atoms with Crippen molar-refractivity contribution >= 4 is 5.91 Å². The molecule has 0 aliphatic heterocycles.